The smallest absolute Gasteiger partial charge is 0.246 e. The Kier molecular flexibility index (Phi) is 3.87. The summed E-state index contributed by atoms with van der Waals surface area (Å²) in [5.41, 5.74) is 0. The van der Waals surface area contributed by atoms with Crippen molar-refractivity contribution in [1.82, 2.24) is 0 Å². The van der Waals surface area contributed by atoms with E-state index >= 15 is 0 Å². The molecule has 0 aliphatic carbocycles. The third-order valence-electron chi connectivity index (χ3n) is 0.266. The lowest BCUT2D eigenvalue weighted by Gasteiger charge is -2.12. The first-order valence-corrected chi connectivity index (χ1v) is 3.27. The molecule has 7 heavy (non-hydrogen) atoms. The van der Waals surface area contributed by atoms with Gasteiger partial charge in [-0.3, -0.25) is 0 Å². The molecule has 0 fully saturated rings. The molecule has 0 aromatic carbocycles. The van der Waals surface area contributed by atoms with E-state index < -0.39 is 3.41 Å². The van der Waals surface area contributed by atoms with Crippen molar-refractivity contribution in [1.29, 1.82) is 0 Å². The van der Waals surface area contributed by atoms with Crippen LogP contribution in [0.1, 0.15) is 0 Å². The van der Waals surface area contributed by atoms with E-state index in [0.717, 1.165) is 0 Å². The second-order valence-electron chi connectivity index (χ2n) is 1.06. The van der Waals surface area contributed by atoms with E-state index in [0.29, 0.717) is 6.61 Å². The van der Waals surface area contributed by atoms with Gasteiger partial charge >= 0.3 is 0 Å². The summed E-state index contributed by atoms with van der Waals surface area (Å²) in [7, 11) is 2.78. The predicted octanol–water partition coefficient (Wildman–Crippen LogP) is 0.530. The van der Waals surface area contributed by atoms with Gasteiger partial charge in [-0.05, 0) is 0 Å². The minimum Gasteiger partial charge on any atom is -0.415 e. The van der Waals surface area contributed by atoms with Crippen LogP contribution in [0.4, 0.5) is 0 Å². The molecule has 0 aromatic rings. The molecule has 1 nitrogen and oxygen atoms in total. The molecule has 0 N–H and O–H groups in total. The van der Waals surface area contributed by atoms with Gasteiger partial charge in [0.1, 0.15) is 3.41 Å². The minimum atomic E-state index is -0.637. The first-order chi connectivity index (χ1) is 3.06. The fourth-order valence-electron chi connectivity index (χ4n) is 0.0968. The highest BCUT2D eigenvalue weighted by molar-refractivity contribution is 8.17. The monoisotopic (exact) mass is 169 g/mol. The molecule has 0 spiro atoms. The molecule has 0 atom stereocenters. The van der Waals surface area contributed by atoms with Crippen LogP contribution < -0.4 is 0 Å². The molecule has 0 saturated carbocycles. The zero-order chi connectivity index (χ0) is 5.91. The fourth-order valence-corrected chi connectivity index (χ4v) is 0.871. The maximum atomic E-state index is 4.48. The van der Waals surface area contributed by atoms with Crippen molar-refractivity contribution in [2.24, 2.45) is 0 Å². The molecule has 0 aliphatic heterocycles. The van der Waals surface area contributed by atoms with Crippen molar-refractivity contribution < 1.29 is 4.43 Å². The molecule has 0 aliphatic rings. The molecule has 0 bridgehead atoms. The Morgan fingerprint density at radius 1 is 1.43 bits per heavy atom. The van der Waals surface area contributed by atoms with Gasteiger partial charge in [-0.25, -0.2) is 0 Å². The SMILES string of the molecule is [Si]OCC(S)(S)S. The molecule has 0 amide bonds. The van der Waals surface area contributed by atoms with E-state index in [1.54, 1.807) is 0 Å². The van der Waals surface area contributed by atoms with Crippen molar-refractivity contribution >= 4 is 48.4 Å². The molecule has 3 radical (unpaired) electrons. The lowest BCUT2D eigenvalue weighted by atomic mass is 10.8. The van der Waals surface area contributed by atoms with E-state index in [1.807, 2.05) is 0 Å². The van der Waals surface area contributed by atoms with Crippen LogP contribution in [0.15, 0.2) is 0 Å². The van der Waals surface area contributed by atoms with E-state index in [-0.39, 0.29) is 0 Å². The van der Waals surface area contributed by atoms with Crippen molar-refractivity contribution in [3.8, 4) is 0 Å². The standard InChI is InChI=1S/C2H5OS3Si/c4-2(5,6)1-3-7/h4-6H,1H2. The van der Waals surface area contributed by atoms with Gasteiger partial charge in [0.15, 0.2) is 0 Å². The van der Waals surface area contributed by atoms with Crippen molar-refractivity contribution in [2.45, 2.75) is 3.41 Å². The molecule has 0 rings (SSSR count). The minimum absolute atomic E-state index is 0.346. The molecule has 5 heteroatoms. The second kappa shape index (κ2) is 3.29. The zero-order valence-electron chi connectivity index (χ0n) is 3.46. The maximum absolute atomic E-state index is 4.48. The summed E-state index contributed by atoms with van der Waals surface area (Å²) in [4.78, 5) is 0. The van der Waals surface area contributed by atoms with Gasteiger partial charge < -0.3 is 4.43 Å². The van der Waals surface area contributed by atoms with Crippen LogP contribution >= 0.6 is 37.9 Å². The van der Waals surface area contributed by atoms with Crippen LogP contribution in [0.25, 0.3) is 0 Å². The molecule has 0 saturated heterocycles. The van der Waals surface area contributed by atoms with Crippen LogP contribution in [0.2, 0.25) is 0 Å². The van der Waals surface area contributed by atoms with E-state index in [2.05, 4.69) is 52.8 Å². The molecule has 0 aromatic heterocycles. The van der Waals surface area contributed by atoms with Gasteiger partial charge in [-0.1, -0.05) is 0 Å². The van der Waals surface area contributed by atoms with Crippen molar-refractivity contribution in [3.05, 3.63) is 0 Å². The average Bonchev–Trinajstić information content (AvgIpc) is 1.30. The average molecular weight is 169 g/mol. The zero-order valence-corrected chi connectivity index (χ0v) is 7.14. The number of rotatable bonds is 2. The van der Waals surface area contributed by atoms with E-state index in [4.69, 9.17) is 0 Å². The van der Waals surface area contributed by atoms with Gasteiger partial charge in [0, 0.05) is 0 Å². The second-order valence-corrected chi connectivity index (χ2v) is 4.70. The number of hydrogen-bond donors (Lipinski definition) is 3. The maximum Gasteiger partial charge on any atom is 0.246 e. The quantitative estimate of drug-likeness (QED) is 0.310. The Morgan fingerprint density at radius 3 is 1.86 bits per heavy atom. The first-order valence-electron chi connectivity index (χ1n) is 1.52. The van der Waals surface area contributed by atoms with Gasteiger partial charge in [0.05, 0.1) is 6.61 Å². The predicted molar refractivity (Wildman–Crippen MR) is 41.4 cm³/mol. The Hall–Kier alpha value is 1.23. The van der Waals surface area contributed by atoms with Crippen LogP contribution in [0, 0.1) is 0 Å². The van der Waals surface area contributed by atoms with Gasteiger partial charge in [-0.2, -0.15) is 0 Å². The fraction of sp³-hybridized carbons (Fsp3) is 1.00. The molecule has 41 valence electrons. The molecule has 0 heterocycles. The Labute approximate surface area is 63.0 Å². The summed E-state index contributed by atoms with van der Waals surface area (Å²) < 4.78 is 3.85. The Morgan fingerprint density at radius 2 is 1.86 bits per heavy atom. The lowest BCUT2D eigenvalue weighted by Crippen LogP contribution is -2.11. The summed E-state index contributed by atoms with van der Waals surface area (Å²) in [5.74, 6) is 0. The number of thiol groups is 3. The molecular weight excluding hydrogens is 164 g/mol. The normalized spacial score (nSPS) is 12.0. The third-order valence-corrected chi connectivity index (χ3v) is 0.797. The summed E-state index contributed by atoms with van der Waals surface area (Å²) in [6.45, 7) is 0.346. The summed E-state index contributed by atoms with van der Waals surface area (Å²) in [6.07, 6.45) is 0. The van der Waals surface area contributed by atoms with Crippen LogP contribution in [0.3, 0.4) is 0 Å². The van der Waals surface area contributed by atoms with Crippen LogP contribution in [-0.2, 0) is 4.43 Å². The highest BCUT2D eigenvalue weighted by Gasteiger charge is 2.11. The number of hydrogen-bond acceptors (Lipinski definition) is 4. The summed E-state index contributed by atoms with van der Waals surface area (Å²) in [5, 5.41) is 0. The first kappa shape index (κ1) is 8.23. The van der Waals surface area contributed by atoms with Crippen LogP contribution in [0.5, 0.6) is 0 Å². The van der Waals surface area contributed by atoms with Gasteiger partial charge in [-0.15, -0.1) is 37.9 Å². The Balaban J connectivity index is 3.15. The van der Waals surface area contributed by atoms with Gasteiger partial charge in [0.25, 0.3) is 0 Å². The Bertz CT molecular complexity index is 51.4. The molecular formula is C2H5OS3Si. The van der Waals surface area contributed by atoms with Gasteiger partial charge in [0.2, 0.25) is 10.5 Å². The van der Waals surface area contributed by atoms with E-state index in [9.17, 15) is 0 Å². The van der Waals surface area contributed by atoms with Crippen molar-refractivity contribution in [3.63, 3.8) is 0 Å². The highest BCUT2D eigenvalue weighted by Crippen LogP contribution is 2.23. The highest BCUT2D eigenvalue weighted by atomic mass is 32.2. The lowest BCUT2D eigenvalue weighted by molar-refractivity contribution is 0.366. The summed E-state index contributed by atoms with van der Waals surface area (Å²) in [6, 6.07) is 0. The third kappa shape index (κ3) is 7.23. The molecule has 0 unspecified atom stereocenters. The largest absolute Gasteiger partial charge is 0.415 e. The van der Waals surface area contributed by atoms with Crippen molar-refractivity contribution in [2.75, 3.05) is 6.61 Å². The summed E-state index contributed by atoms with van der Waals surface area (Å²) >= 11 is 11.7. The van der Waals surface area contributed by atoms with E-state index in [1.165, 1.54) is 0 Å². The van der Waals surface area contributed by atoms with Crippen LogP contribution in [-0.4, -0.2) is 20.5 Å². The topological polar surface area (TPSA) is 9.23 Å².